The fraction of sp³-hybridized carbons (Fsp3) is 0.846. The van der Waals surface area contributed by atoms with Crippen molar-refractivity contribution in [1.82, 2.24) is 4.90 Å². The molecule has 0 fully saturated rings. The van der Waals surface area contributed by atoms with Crippen molar-refractivity contribution in [3.05, 3.63) is 0 Å². The second-order valence-electron chi connectivity index (χ2n) is 4.19. The van der Waals surface area contributed by atoms with Crippen LogP contribution in [0, 0.1) is 0 Å². The fourth-order valence-corrected chi connectivity index (χ4v) is 1.70. The summed E-state index contributed by atoms with van der Waals surface area (Å²) in [6, 6.07) is -0.0464. The second kappa shape index (κ2) is 10.8. The Morgan fingerprint density at radius 3 is 2.37 bits per heavy atom. The number of carbonyl (C=O) groups excluding carboxylic acids is 2. The predicted molar refractivity (Wildman–Crippen MR) is 70.8 cm³/mol. The summed E-state index contributed by atoms with van der Waals surface area (Å²) in [5.41, 5.74) is 0. The Morgan fingerprint density at radius 2 is 1.84 bits per heavy atom. The van der Waals surface area contributed by atoms with Gasteiger partial charge in [-0.05, 0) is 13.8 Å². The van der Waals surface area contributed by atoms with Gasteiger partial charge in [-0.2, -0.15) is 0 Å². The molecule has 0 bridgehead atoms. The van der Waals surface area contributed by atoms with Crippen molar-refractivity contribution >= 4 is 11.9 Å². The van der Waals surface area contributed by atoms with Crippen LogP contribution in [0.15, 0.2) is 0 Å². The van der Waals surface area contributed by atoms with E-state index in [1.807, 2.05) is 6.92 Å². The fourth-order valence-electron chi connectivity index (χ4n) is 1.70. The Morgan fingerprint density at radius 1 is 1.16 bits per heavy atom. The maximum atomic E-state index is 12.1. The number of hydrogen-bond acceptors (Lipinski definition) is 5. The molecule has 0 rings (SSSR count). The molecule has 19 heavy (non-hydrogen) atoms. The molecule has 1 unspecified atom stereocenters. The third-order valence-electron chi connectivity index (χ3n) is 2.64. The number of rotatable bonds is 10. The number of nitrogens with zero attached hydrogens (tertiary/aromatic N) is 1. The molecule has 6 nitrogen and oxygen atoms in total. The van der Waals surface area contributed by atoms with Crippen LogP contribution >= 0.6 is 0 Å². The first-order valence-corrected chi connectivity index (χ1v) is 6.49. The van der Waals surface area contributed by atoms with Crippen LogP contribution in [-0.4, -0.2) is 63.4 Å². The van der Waals surface area contributed by atoms with Crippen molar-refractivity contribution in [2.24, 2.45) is 0 Å². The van der Waals surface area contributed by atoms with Crippen LogP contribution < -0.4 is 0 Å². The van der Waals surface area contributed by atoms with Gasteiger partial charge in [0, 0.05) is 27.2 Å². The topological polar surface area (TPSA) is 65.1 Å². The van der Waals surface area contributed by atoms with Crippen LogP contribution in [0.5, 0.6) is 0 Å². The van der Waals surface area contributed by atoms with E-state index in [1.54, 1.807) is 26.0 Å². The second-order valence-corrected chi connectivity index (χ2v) is 4.19. The molecule has 0 heterocycles. The van der Waals surface area contributed by atoms with Gasteiger partial charge in [-0.3, -0.25) is 9.59 Å². The van der Waals surface area contributed by atoms with Gasteiger partial charge in [0.1, 0.15) is 0 Å². The van der Waals surface area contributed by atoms with Crippen LogP contribution in [0.25, 0.3) is 0 Å². The summed E-state index contributed by atoms with van der Waals surface area (Å²) in [5, 5.41) is 0. The molecule has 112 valence electrons. The standard InChI is InChI=1S/C13H25NO5/c1-5-19-13(16)7-6-12(15)14(8-9-17-3)11(2)10-18-4/h11H,5-10H2,1-4H3. The van der Waals surface area contributed by atoms with Gasteiger partial charge < -0.3 is 19.1 Å². The number of esters is 1. The highest BCUT2D eigenvalue weighted by atomic mass is 16.5. The quantitative estimate of drug-likeness (QED) is 0.553. The molecule has 0 aromatic heterocycles. The van der Waals surface area contributed by atoms with Crippen LogP contribution in [0.1, 0.15) is 26.7 Å². The molecule has 0 saturated carbocycles. The summed E-state index contributed by atoms with van der Waals surface area (Å²) in [6.07, 6.45) is 0.256. The van der Waals surface area contributed by atoms with E-state index in [1.165, 1.54) is 0 Å². The molecule has 6 heteroatoms. The predicted octanol–water partition coefficient (Wildman–Crippen LogP) is 0.840. The largest absolute Gasteiger partial charge is 0.466 e. The van der Waals surface area contributed by atoms with E-state index in [-0.39, 0.29) is 30.8 Å². The normalized spacial score (nSPS) is 12.0. The molecule has 0 aliphatic rings. The summed E-state index contributed by atoms with van der Waals surface area (Å²) in [6.45, 7) is 5.38. The Balaban J connectivity index is 4.32. The van der Waals surface area contributed by atoms with E-state index in [4.69, 9.17) is 14.2 Å². The molecule has 1 amide bonds. The first-order valence-electron chi connectivity index (χ1n) is 6.49. The molecule has 1 atom stereocenters. The van der Waals surface area contributed by atoms with E-state index in [9.17, 15) is 9.59 Å². The lowest BCUT2D eigenvalue weighted by Gasteiger charge is -2.28. The smallest absolute Gasteiger partial charge is 0.306 e. The Bertz CT molecular complexity index is 270. The van der Waals surface area contributed by atoms with Crippen LogP contribution in [0.2, 0.25) is 0 Å². The van der Waals surface area contributed by atoms with Crippen molar-refractivity contribution in [3.63, 3.8) is 0 Å². The van der Waals surface area contributed by atoms with Gasteiger partial charge in [0.05, 0.1) is 32.3 Å². The highest BCUT2D eigenvalue weighted by Gasteiger charge is 2.20. The molecule has 0 aliphatic heterocycles. The number of hydrogen-bond donors (Lipinski definition) is 0. The third-order valence-corrected chi connectivity index (χ3v) is 2.64. The zero-order valence-corrected chi connectivity index (χ0v) is 12.3. The molecule has 0 aliphatic carbocycles. The summed E-state index contributed by atoms with van der Waals surface area (Å²) in [5.74, 6) is -0.434. The Hall–Kier alpha value is -1.14. The maximum Gasteiger partial charge on any atom is 0.306 e. The van der Waals surface area contributed by atoms with Crippen molar-refractivity contribution in [1.29, 1.82) is 0 Å². The minimum Gasteiger partial charge on any atom is -0.466 e. The molecule has 0 saturated heterocycles. The van der Waals surface area contributed by atoms with Gasteiger partial charge in [-0.1, -0.05) is 0 Å². The van der Waals surface area contributed by atoms with Gasteiger partial charge in [0.25, 0.3) is 0 Å². The molecule has 0 radical (unpaired) electrons. The van der Waals surface area contributed by atoms with Crippen LogP contribution in [0.4, 0.5) is 0 Å². The highest BCUT2D eigenvalue weighted by Crippen LogP contribution is 2.06. The van der Waals surface area contributed by atoms with Crippen molar-refractivity contribution in [2.75, 3.05) is 40.6 Å². The number of amides is 1. The number of carbonyl (C=O) groups is 2. The van der Waals surface area contributed by atoms with Gasteiger partial charge in [-0.25, -0.2) is 0 Å². The Labute approximate surface area is 115 Å². The van der Waals surface area contributed by atoms with E-state index in [0.29, 0.717) is 26.4 Å². The summed E-state index contributed by atoms with van der Waals surface area (Å²) in [4.78, 5) is 25.0. The van der Waals surface area contributed by atoms with Gasteiger partial charge in [0.15, 0.2) is 0 Å². The van der Waals surface area contributed by atoms with E-state index in [0.717, 1.165) is 0 Å². The average molecular weight is 275 g/mol. The monoisotopic (exact) mass is 275 g/mol. The van der Waals surface area contributed by atoms with E-state index in [2.05, 4.69) is 0 Å². The minimum absolute atomic E-state index is 0.0464. The van der Waals surface area contributed by atoms with E-state index >= 15 is 0 Å². The summed E-state index contributed by atoms with van der Waals surface area (Å²) in [7, 11) is 3.18. The van der Waals surface area contributed by atoms with Gasteiger partial charge in [0.2, 0.25) is 5.91 Å². The van der Waals surface area contributed by atoms with Crippen molar-refractivity contribution in [3.8, 4) is 0 Å². The summed E-state index contributed by atoms with van der Waals surface area (Å²) < 4.78 is 14.8. The van der Waals surface area contributed by atoms with E-state index < -0.39 is 0 Å². The van der Waals surface area contributed by atoms with Crippen molar-refractivity contribution in [2.45, 2.75) is 32.7 Å². The molecule has 0 spiro atoms. The molecule has 0 N–H and O–H groups in total. The minimum atomic E-state index is -0.345. The van der Waals surface area contributed by atoms with Gasteiger partial charge >= 0.3 is 5.97 Å². The summed E-state index contributed by atoms with van der Waals surface area (Å²) >= 11 is 0. The Kier molecular flexibility index (Phi) is 10.1. The molecular formula is C13H25NO5. The zero-order chi connectivity index (χ0) is 14.7. The number of methoxy groups -OCH3 is 2. The van der Waals surface area contributed by atoms with Gasteiger partial charge in [-0.15, -0.1) is 0 Å². The first kappa shape index (κ1) is 17.9. The van der Waals surface area contributed by atoms with Crippen LogP contribution in [0.3, 0.4) is 0 Å². The third kappa shape index (κ3) is 7.79. The molecule has 0 aromatic carbocycles. The first-order chi connectivity index (χ1) is 9.06. The highest BCUT2D eigenvalue weighted by molar-refractivity contribution is 5.81. The lowest BCUT2D eigenvalue weighted by molar-refractivity contribution is -0.146. The van der Waals surface area contributed by atoms with Crippen LogP contribution in [-0.2, 0) is 23.8 Å². The average Bonchev–Trinajstić information content (AvgIpc) is 2.37. The lowest BCUT2D eigenvalue weighted by Crippen LogP contribution is -2.43. The lowest BCUT2D eigenvalue weighted by atomic mass is 10.2. The SMILES string of the molecule is CCOC(=O)CCC(=O)N(CCOC)C(C)COC. The molecule has 0 aromatic rings. The molecular weight excluding hydrogens is 250 g/mol. The maximum absolute atomic E-state index is 12.1. The van der Waals surface area contributed by atoms with Crippen molar-refractivity contribution < 1.29 is 23.8 Å². The number of ether oxygens (including phenoxy) is 3. The zero-order valence-electron chi connectivity index (χ0n) is 12.3.